The molecule has 8 nitrogen and oxygen atoms in total. The molecule has 4 heterocycles. The van der Waals surface area contributed by atoms with Crippen molar-refractivity contribution in [1.82, 2.24) is 25.0 Å². The smallest absolute Gasteiger partial charge is 0.252 e. The van der Waals surface area contributed by atoms with Crippen molar-refractivity contribution in [2.24, 2.45) is 18.7 Å². The van der Waals surface area contributed by atoms with Crippen molar-refractivity contribution in [3.63, 3.8) is 0 Å². The summed E-state index contributed by atoms with van der Waals surface area (Å²) >= 11 is 1.59. The van der Waals surface area contributed by atoms with Gasteiger partial charge in [-0.15, -0.1) is 11.3 Å². The second kappa shape index (κ2) is 9.15. The van der Waals surface area contributed by atoms with Crippen LogP contribution >= 0.6 is 11.3 Å². The summed E-state index contributed by atoms with van der Waals surface area (Å²) in [6.45, 7) is 4.99. The zero-order chi connectivity index (χ0) is 22.0. The number of piperidine rings is 1. The molecule has 1 aliphatic heterocycles. The van der Waals surface area contributed by atoms with Crippen LogP contribution in [-0.2, 0) is 11.8 Å². The van der Waals surface area contributed by atoms with Crippen LogP contribution in [0.5, 0.6) is 0 Å². The number of aromatic nitrogens is 3. The molecule has 1 unspecified atom stereocenters. The predicted octanol–water partition coefficient (Wildman–Crippen LogP) is 2.32. The largest absolute Gasteiger partial charge is 0.369 e. The summed E-state index contributed by atoms with van der Waals surface area (Å²) in [5.41, 5.74) is 8.34. The van der Waals surface area contributed by atoms with Gasteiger partial charge in [0.25, 0.3) is 5.91 Å². The summed E-state index contributed by atoms with van der Waals surface area (Å²) in [5.74, 6) is -0.388. The normalized spacial score (nSPS) is 17.2. The monoisotopic (exact) mass is 440 g/mol. The second-order valence-electron chi connectivity index (χ2n) is 8.09. The number of nitrogens with one attached hydrogen (secondary N) is 1. The fourth-order valence-corrected chi connectivity index (χ4v) is 4.95. The molecule has 4 rings (SSSR count). The number of hydrogen-bond acceptors (Lipinski definition) is 6. The number of primary amides is 1. The van der Waals surface area contributed by atoms with Gasteiger partial charge in [-0.2, -0.15) is 5.10 Å². The van der Waals surface area contributed by atoms with Crippen LogP contribution in [0.25, 0.3) is 21.6 Å². The molecule has 0 saturated carbocycles. The van der Waals surface area contributed by atoms with E-state index in [1.165, 1.54) is 0 Å². The number of likely N-dealkylation sites (tertiary alicyclic amines) is 1. The first-order valence-electron chi connectivity index (χ1n) is 10.6. The molecule has 1 fully saturated rings. The van der Waals surface area contributed by atoms with E-state index in [4.69, 9.17) is 10.7 Å². The molecule has 0 radical (unpaired) electrons. The van der Waals surface area contributed by atoms with Crippen molar-refractivity contribution in [2.45, 2.75) is 26.2 Å². The molecule has 1 atom stereocenters. The van der Waals surface area contributed by atoms with Gasteiger partial charge in [0.05, 0.1) is 33.1 Å². The van der Waals surface area contributed by atoms with Gasteiger partial charge in [-0.05, 0) is 56.8 Å². The van der Waals surface area contributed by atoms with Crippen LogP contribution in [0.2, 0.25) is 0 Å². The van der Waals surface area contributed by atoms with Gasteiger partial charge in [0, 0.05) is 20.1 Å². The molecule has 9 heteroatoms. The Morgan fingerprint density at radius 1 is 1.39 bits per heavy atom. The highest BCUT2D eigenvalue weighted by Crippen LogP contribution is 2.29. The fraction of sp³-hybridized carbons (Fsp3) is 0.455. The van der Waals surface area contributed by atoms with E-state index in [2.05, 4.69) is 15.3 Å². The minimum Gasteiger partial charge on any atom is -0.369 e. The third-order valence-electron chi connectivity index (χ3n) is 5.83. The minimum atomic E-state index is -0.215. The molecule has 0 bridgehead atoms. The number of carbonyl (C=O) groups is 2. The first-order chi connectivity index (χ1) is 14.9. The highest BCUT2D eigenvalue weighted by Gasteiger charge is 2.24. The Labute approximate surface area is 185 Å². The summed E-state index contributed by atoms with van der Waals surface area (Å²) in [5, 5.41) is 10.3. The van der Waals surface area contributed by atoms with E-state index in [9.17, 15) is 9.59 Å². The minimum absolute atomic E-state index is 0.0577. The Balaban J connectivity index is 1.44. The lowest BCUT2D eigenvalue weighted by Gasteiger charge is -2.31. The van der Waals surface area contributed by atoms with E-state index < -0.39 is 0 Å². The highest BCUT2D eigenvalue weighted by atomic mass is 32.1. The Kier molecular flexibility index (Phi) is 6.33. The number of fused-ring (bicyclic) bond motifs is 1. The first kappa shape index (κ1) is 21.5. The third-order valence-corrected chi connectivity index (χ3v) is 6.72. The molecule has 31 heavy (non-hydrogen) atoms. The van der Waals surface area contributed by atoms with Gasteiger partial charge in [0.1, 0.15) is 0 Å². The molecule has 1 aliphatic rings. The third kappa shape index (κ3) is 4.62. The average molecular weight is 441 g/mol. The zero-order valence-electron chi connectivity index (χ0n) is 17.9. The molecule has 0 aromatic carbocycles. The topological polar surface area (TPSA) is 106 Å². The van der Waals surface area contributed by atoms with E-state index in [1.54, 1.807) is 16.0 Å². The Morgan fingerprint density at radius 2 is 2.23 bits per heavy atom. The van der Waals surface area contributed by atoms with Crippen molar-refractivity contribution in [2.75, 3.05) is 26.2 Å². The fourth-order valence-electron chi connectivity index (χ4n) is 4.27. The van der Waals surface area contributed by atoms with Gasteiger partial charge in [-0.1, -0.05) is 6.07 Å². The molecular weight excluding hydrogens is 412 g/mol. The molecule has 3 aromatic rings. The van der Waals surface area contributed by atoms with Crippen LogP contribution in [0, 0.1) is 12.8 Å². The number of amides is 2. The van der Waals surface area contributed by atoms with E-state index in [0.29, 0.717) is 24.3 Å². The van der Waals surface area contributed by atoms with Crippen LogP contribution in [0.3, 0.4) is 0 Å². The van der Waals surface area contributed by atoms with Crippen molar-refractivity contribution in [1.29, 1.82) is 0 Å². The summed E-state index contributed by atoms with van der Waals surface area (Å²) < 4.78 is 1.73. The van der Waals surface area contributed by atoms with Crippen molar-refractivity contribution < 1.29 is 9.59 Å². The standard InChI is InChI=1S/C22H28N6O2S/c1-14-19-16(12-17(18-7-4-11-31-18)25-21(19)27(2)26-14)22(30)24-8-5-10-28-9-3-6-15(13-28)20(23)29/h4,7,11-12,15H,3,5-6,8-10,13H2,1-2H3,(H2,23,29)(H,24,30). The molecule has 3 N–H and O–H groups in total. The van der Waals surface area contributed by atoms with Gasteiger partial charge in [0.15, 0.2) is 5.65 Å². The average Bonchev–Trinajstić information content (AvgIpc) is 3.39. The van der Waals surface area contributed by atoms with Crippen molar-refractivity contribution >= 4 is 34.2 Å². The lowest BCUT2D eigenvalue weighted by Crippen LogP contribution is -2.42. The van der Waals surface area contributed by atoms with Gasteiger partial charge in [-0.25, -0.2) is 4.98 Å². The molecule has 3 aromatic heterocycles. The number of rotatable bonds is 7. The number of hydrogen-bond donors (Lipinski definition) is 2. The maximum Gasteiger partial charge on any atom is 0.252 e. The molecule has 0 spiro atoms. The number of pyridine rings is 1. The van der Waals surface area contributed by atoms with E-state index in [0.717, 1.165) is 54.0 Å². The van der Waals surface area contributed by atoms with Crippen LogP contribution in [0.15, 0.2) is 23.6 Å². The van der Waals surface area contributed by atoms with Crippen LogP contribution in [0.4, 0.5) is 0 Å². The van der Waals surface area contributed by atoms with E-state index in [-0.39, 0.29) is 17.7 Å². The first-order valence-corrected chi connectivity index (χ1v) is 11.5. The molecular formula is C22H28N6O2S. The number of thiophene rings is 1. The van der Waals surface area contributed by atoms with Crippen molar-refractivity contribution in [3.05, 3.63) is 34.8 Å². The van der Waals surface area contributed by atoms with Crippen LogP contribution < -0.4 is 11.1 Å². The Morgan fingerprint density at radius 3 is 2.97 bits per heavy atom. The zero-order valence-corrected chi connectivity index (χ0v) is 18.7. The number of carbonyl (C=O) groups excluding carboxylic acids is 2. The summed E-state index contributed by atoms with van der Waals surface area (Å²) in [6.07, 6.45) is 2.67. The Hall–Kier alpha value is -2.78. The summed E-state index contributed by atoms with van der Waals surface area (Å²) in [7, 11) is 1.85. The number of nitrogens with zero attached hydrogens (tertiary/aromatic N) is 4. The van der Waals surface area contributed by atoms with Crippen molar-refractivity contribution in [3.8, 4) is 10.6 Å². The van der Waals surface area contributed by atoms with Gasteiger partial charge in [0.2, 0.25) is 5.91 Å². The van der Waals surface area contributed by atoms with Crippen LogP contribution in [0.1, 0.15) is 35.3 Å². The molecule has 164 valence electrons. The van der Waals surface area contributed by atoms with Gasteiger partial charge < -0.3 is 16.0 Å². The lowest BCUT2D eigenvalue weighted by atomic mass is 9.97. The predicted molar refractivity (Wildman–Crippen MR) is 122 cm³/mol. The molecule has 1 saturated heterocycles. The van der Waals surface area contributed by atoms with E-state index in [1.807, 2.05) is 37.6 Å². The highest BCUT2D eigenvalue weighted by molar-refractivity contribution is 7.13. The SMILES string of the molecule is Cc1nn(C)c2nc(-c3cccs3)cc(C(=O)NCCCN3CCCC(C(N)=O)C3)c12. The lowest BCUT2D eigenvalue weighted by molar-refractivity contribution is -0.123. The van der Waals surface area contributed by atoms with Gasteiger partial charge in [-0.3, -0.25) is 14.3 Å². The maximum absolute atomic E-state index is 13.1. The number of nitrogens with two attached hydrogens (primary N) is 1. The van der Waals surface area contributed by atoms with Gasteiger partial charge >= 0.3 is 0 Å². The second-order valence-corrected chi connectivity index (χ2v) is 9.04. The quantitative estimate of drug-likeness (QED) is 0.549. The summed E-state index contributed by atoms with van der Waals surface area (Å²) in [4.78, 5) is 32.6. The number of aryl methyl sites for hydroxylation is 2. The molecule has 0 aliphatic carbocycles. The summed E-state index contributed by atoms with van der Waals surface area (Å²) in [6, 6.07) is 5.84. The van der Waals surface area contributed by atoms with E-state index >= 15 is 0 Å². The Bertz CT molecular complexity index is 1090. The maximum atomic E-state index is 13.1. The van der Waals surface area contributed by atoms with Crippen LogP contribution in [-0.4, -0.2) is 57.7 Å². The molecule has 2 amide bonds.